The number of rotatable bonds is 5. The smallest absolute Gasteiger partial charge is 0.222 e. The molecule has 0 unspecified atom stereocenters. The van der Waals surface area contributed by atoms with Crippen LogP contribution in [0.2, 0.25) is 0 Å². The van der Waals surface area contributed by atoms with Crippen molar-refractivity contribution in [2.75, 3.05) is 19.7 Å². The first-order valence-electron chi connectivity index (χ1n) is 8.73. The summed E-state index contributed by atoms with van der Waals surface area (Å²) in [6.07, 6.45) is 2.79. The molecule has 0 bridgehead atoms. The SMILES string of the molecule is Cc1ccnc([C@@H]2CN(C(=O)CCCn3nc(C)cc3C)CCO2)n1. The van der Waals surface area contributed by atoms with Crippen molar-refractivity contribution in [3.8, 4) is 0 Å². The number of nitrogens with zero attached hydrogens (tertiary/aromatic N) is 5. The Morgan fingerprint density at radius 1 is 1.32 bits per heavy atom. The molecule has 0 spiro atoms. The second-order valence-corrected chi connectivity index (χ2v) is 6.51. The largest absolute Gasteiger partial charge is 0.367 e. The number of hydrogen-bond acceptors (Lipinski definition) is 5. The highest BCUT2D eigenvalue weighted by atomic mass is 16.5. The van der Waals surface area contributed by atoms with Crippen molar-refractivity contribution in [3.05, 3.63) is 41.2 Å². The van der Waals surface area contributed by atoms with E-state index in [4.69, 9.17) is 4.74 Å². The van der Waals surface area contributed by atoms with Crippen LogP contribution >= 0.6 is 0 Å². The number of ether oxygens (including phenoxy) is 1. The fraction of sp³-hybridized carbons (Fsp3) is 0.556. The van der Waals surface area contributed by atoms with E-state index in [-0.39, 0.29) is 12.0 Å². The van der Waals surface area contributed by atoms with Crippen molar-refractivity contribution in [2.24, 2.45) is 0 Å². The van der Waals surface area contributed by atoms with Crippen LogP contribution in [0.15, 0.2) is 18.3 Å². The molecule has 1 amide bonds. The van der Waals surface area contributed by atoms with Crippen LogP contribution in [0.25, 0.3) is 0 Å². The number of morpholine rings is 1. The summed E-state index contributed by atoms with van der Waals surface area (Å²) in [4.78, 5) is 23.1. The van der Waals surface area contributed by atoms with Gasteiger partial charge in [-0.15, -0.1) is 0 Å². The zero-order chi connectivity index (χ0) is 17.8. The topological polar surface area (TPSA) is 73.1 Å². The Labute approximate surface area is 148 Å². The van der Waals surface area contributed by atoms with E-state index in [0.717, 1.165) is 30.0 Å². The molecule has 0 aliphatic carbocycles. The second-order valence-electron chi connectivity index (χ2n) is 6.51. The highest BCUT2D eigenvalue weighted by Crippen LogP contribution is 2.20. The Morgan fingerprint density at radius 3 is 2.88 bits per heavy atom. The van der Waals surface area contributed by atoms with Crippen molar-refractivity contribution >= 4 is 5.91 Å². The summed E-state index contributed by atoms with van der Waals surface area (Å²) in [5, 5.41) is 4.43. The maximum Gasteiger partial charge on any atom is 0.222 e. The molecule has 1 fully saturated rings. The molecule has 1 aliphatic heterocycles. The van der Waals surface area contributed by atoms with E-state index < -0.39 is 0 Å². The van der Waals surface area contributed by atoms with E-state index in [1.54, 1.807) is 6.20 Å². The third-order valence-corrected chi connectivity index (χ3v) is 4.38. The maximum atomic E-state index is 12.5. The van der Waals surface area contributed by atoms with Crippen LogP contribution in [0.4, 0.5) is 0 Å². The first-order chi connectivity index (χ1) is 12.0. The third kappa shape index (κ3) is 4.42. The zero-order valence-corrected chi connectivity index (χ0v) is 15.1. The second kappa shape index (κ2) is 7.74. The van der Waals surface area contributed by atoms with Crippen molar-refractivity contribution in [3.63, 3.8) is 0 Å². The van der Waals surface area contributed by atoms with Gasteiger partial charge in [-0.05, 0) is 39.3 Å². The van der Waals surface area contributed by atoms with E-state index in [1.165, 1.54) is 0 Å². The minimum absolute atomic E-state index is 0.155. The molecule has 3 heterocycles. The number of carbonyl (C=O) groups is 1. The molecule has 2 aromatic heterocycles. The average molecular weight is 343 g/mol. The molecule has 7 heteroatoms. The van der Waals surface area contributed by atoms with E-state index >= 15 is 0 Å². The van der Waals surface area contributed by atoms with Gasteiger partial charge in [0.05, 0.1) is 18.8 Å². The van der Waals surface area contributed by atoms with Gasteiger partial charge >= 0.3 is 0 Å². The van der Waals surface area contributed by atoms with Gasteiger partial charge in [0.15, 0.2) is 5.82 Å². The number of hydrogen-bond donors (Lipinski definition) is 0. The highest BCUT2D eigenvalue weighted by Gasteiger charge is 2.26. The molecule has 1 atom stereocenters. The molecular weight excluding hydrogens is 318 g/mol. The van der Waals surface area contributed by atoms with Crippen LogP contribution in [0.1, 0.15) is 41.9 Å². The Morgan fingerprint density at radius 2 is 2.16 bits per heavy atom. The molecule has 3 rings (SSSR count). The zero-order valence-electron chi connectivity index (χ0n) is 15.1. The fourth-order valence-electron chi connectivity index (χ4n) is 3.09. The van der Waals surface area contributed by atoms with Gasteiger partial charge in [0.1, 0.15) is 6.10 Å². The first kappa shape index (κ1) is 17.5. The van der Waals surface area contributed by atoms with Crippen LogP contribution in [-0.4, -0.2) is 50.3 Å². The predicted octanol–water partition coefficient (Wildman–Crippen LogP) is 1.98. The Balaban J connectivity index is 1.52. The monoisotopic (exact) mass is 343 g/mol. The molecule has 0 N–H and O–H groups in total. The lowest BCUT2D eigenvalue weighted by molar-refractivity contribution is -0.139. The summed E-state index contributed by atoms with van der Waals surface area (Å²) in [5.41, 5.74) is 3.05. The quantitative estimate of drug-likeness (QED) is 0.830. The number of amides is 1. The molecule has 1 saturated heterocycles. The number of aromatic nitrogens is 4. The molecule has 1 aliphatic rings. The van der Waals surface area contributed by atoms with Crippen molar-refractivity contribution in [1.29, 1.82) is 0 Å². The summed E-state index contributed by atoms with van der Waals surface area (Å²) in [6.45, 7) is 8.37. The molecule has 0 radical (unpaired) electrons. The normalized spacial score (nSPS) is 17.7. The van der Waals surface area contributed by atoms with E-state index in [9.17, 15) is 4.79 Å². The van der Waals surface area contributed by atoms with E-state index in [0.29, 0.717) is 31.9 Å². The minimum atomic E-state index is -0.242. The van der Waals surface area contributed by atoms with Crippen LogP contribution in [0.5, 0.6) is 0 Å². The van der Waals surface area contributed by atoms with Gasteiger partial charge in [-0.25, -0.2) is 9.97 Å². The summed E-state index contributed by atoms with van der Waals surface area (Å²) >= 11 is 0. The average Bonchev–Trinajstić information content (AvgIpc) is 2.92. The highest BCUT2D eigenvalue weighted by molar-refractivity contribution is 5.76. The molecule has 0 saturated carbocycles. The van der Waals surface area contributed by atoms with Gasteiger partial charge in [0, 0.05) is 37.1 Å². The summed E-state index contributed by atoms with van der Waals surface area (Å²) in [5.74, 6) is 0.808. The number of aryl methyl sites for hydroxylation is 4. The van der Waals surface area contributed by atoms with Gasteiger partial charge in [-0.3, -0.25) is 9.48 Å². The summed E-state index contributed by atoms with van der Waals surface area (Å²) in [7, 11) is 0. The predicted molar refractivity (Wildman–Crippen MR) is 93.0 cm³/mol. The minimum Gasteiger partial charge on any atom is -0.367 e. The van der Waals surface area contributed by atoms with Crippen LogP contribution in [0.3, 0.4) is 0 Å². The first-order valence-corrected chi connectivity index (χ1v) is 8.73. The molecule has 25 heavy (non-hydrogen) atoms. The summed E-state index contributed by atoms with van der Waals surface area (Å²) < 4.78 is 7.72. The third-order valence-electron chi connectivity index (χ3n) is 4.38. The Kier molecular flexibility index (Phi) is 5.43. The van der Waals surface area contributed by atoms with Crippen LogP contribution < -0.4 is 0 Å². The van der Waals surface area contributed by atoms with Gasteiger partial charge in [-0.2, -0.15) is 5.10 Å². The Bertz CT molecular complexity index is 743. The van der Waals surface area contributed by atoms with Crippen molar-refractivity contribution in [1.82, 2.24) is 24.6 Å². The maximum absolute atomic E-state index is 12.5. The lowest BCUT2D eigenvalue weighted by Gasteiger charge is -2.32. The lowest BCUT2D eigenvalue weighted by atomic mass is 10.2. The van der Waals surface area contributed by atoms with Gasteiger partial charge in [-0.1, -0.05) is 0 Å². The molecule has 134 valence electrons. The lowest BCUT2D eigenvalue weighted by Crippen LogP contribution is -2.42. The Hall–Kier alpha value is -2.28. The van der Waals surface area contributed by atoms with E-state index in [2.05, 4.69) is 21.1 Å². The molecular formula is C18H25N5O2. The number of carbonyl (C=O) groups excluding carboxylic acids is 1. The molecule has 0 aromatic carbocycles. The standard InChI is InChI=1S/C18H25N5O2/c1-13-6-7-19-18(20-13)16-12-22(9-10-25-16)17(24)5-4-8-23-15(3)11-14(2)21-23/h6-7,11,16H,4-5,8-10,12H2,1-3H3/t16-/m0/s1. The summed E-state index contributed by atoms with van der Waals surface area (Å²) in [6, 6.07) is 3.91. The van der Waals surface area contributed by atoms with Gasteiger partial charge < -0.3 is 9.64 Å². The fourth-order valence-corrected chi connectivity index (χ4v) is 3.09. The van der Waals surface area contributed by atoms with Crippen LogP contribution in [0, 0.1) is 20.8 Å². The molecule has 7 nitrogen and oxygen atoms in total. The van der Waals surface area contributed by atoms with Crippen molar-refractivity contribution < 1.29 is 9.53 Å². The molecule has 2 aromatic rings. The van der Waals surface area contributed by atoms with Gasteiger partial charge in [0.2, 0.25) is 5.91 Å². The van der Waals surface area contributed by atoms with E-state index in [1.807, 2.05) is 36.4 Å². The van der Waals surface area contributed by atoms with Crippen molar-refractivity contribution in [2.45, 2.75) is 46.3 Å². The van der Waals surface area contributed by atoms with Gasteiger partial charge in [0.25, 0.3) is 0 Å². The van der Waals surface area contributed by atoms with Crippen LogP contribution in [-0.2, 0) is 16.1 Å².